The van der Waals surface area contributed by atoms with Crippen molar-refractivity contribution in [2.24, 2.45) is 0 Å². The maximum absolute atomic E-state index is 13.6. The molecule has 1 N–H and O–H groups in total. The summed E-state index contributed by atoms with van der Waals surface area (Å²) < 4.78 is 46.3. The SMILES string of the molecule is COc1cc(C(=O)N2CCN(C)CC2)ccc1Cc1nc2c(c(NC3CC3)n1)C(C(F)(F)F)=CC2. The highest BCUT2D eigenvalue weighted by molar-refractivity contribution is 5.95. The number of ether oxygens (including phenoxy) is 1. The Morgan fingerprint density at radius 3 is 2.57 bits per heavy atom. The van der Waals surface area contributed by atoms with E-state index in [2.05, 4.69) is 20.2 Å². The maximum atomic E-state index is 13.6. The van der Waals surface area contributed by atoms with E-state index in [1.54, 1.807) is 12.1 Å². The van der Waals surface area contributed by atoms with Gasteiger partial charge in [-0.05, 0) is 32.0 Å². The maximum Gasteiger partial charge on any atom is 0.416 e. The normalized spacial score (nSPS) is 18.3. The van der Waals surface area contributed by atoms with E-state index >= 15 is 0 Å². The van der Waals surface area contributed by atoms with Gasteiger partial charge in [0.2, 0.25) is 0 Å². The summed E-state index contributed by atoms with van der Waals surface area (Å²) in [5, 5.41) is 3.16. The highest BCUT2D eigenvalue weighted by Gasteiger charge is 2.41. The molecule has 5 rings (SSSR count). The molecule has 0 atom stereocenters. The molecule has 2 aromatic rings. The Hall–Kier alpha value is -3.14. The number of allylic oxidation sites excluding steroid dienone is 2. The van der Waals surface area contributed by atoms with Gasteiger partial charge >= 0.3 is 6.18 Å². The fourth-order valence-electron chi connectivity index (χ4n) is 4.54. The molecule has 10 heteroatoms. The first-order valence-corrected chi connectivity index (χ1v) is 11.8. The molecule has 186 valence electrons. The van der Waals surface area contributed by atoms with Crippen LogP contribution in [-0.2, 0) is 12.8 Å². The van der Waals surface area contributed by atoms with Crippen LogP contribution < -0.4 is 10.1 Å². The number of aromatic nitrogens is 2. The molecule has 2 aliphatic carbocycles. The van der Waals surface area contributed by atoms with Crippen LogP contribution in [0.15, 0.2) is 24.3 Å². The lowest BCUT2D eigenvalue weighted by Gasteiger charge is -2.32. The van der Waals surface area contributed by atoms with Gasteiger partial charge in [-0.2, -0.15) is 13.2 Å². The number of carbonyl (C=O) groups excluding carboxylic acids is 1. The van der Waals surface area contributed by atoms with Crippen LogP contribution in [-0.4, -0.2) is 78.2 Å². The molecule has 2 fully saturated rings. The van der Waals surface area contributed by atoms with Crippen LogP contribution in [0.1, 0.15) is 45.8 Å². The molecule has 0 spiro atoms. The molecule has 2 heterocycles. The van der Waals surface area contributed by atoms with Crippen molar-refractivity contribution in [3.63, 3.8) is 0 Å². The lowest BCUT2D eigenvalue weighted by atomic mass is 10.0. The molecule has 1 saturated carbocycles. The van der Waals surface area contributed by atoms with E-state index in [4.69, 9.17) is 4.74 Å². The Balaban J connectivity index is 1.40. The standard InChI is InChI=1S/C25H28F3N5O2/c1-32-9-11-33(12-10-32)24(34)16-4-3-15(20(13-16)35-2)14-21-30-19-8-7-18(25(26,27)28)22(19)23(31-21)29-17-5-6-17/h3-4,7,13,17H,5-6,8-12,14H2,1-2H3,(H,29,30,31). The summed E-state index contributed by atoms with van der Waals surface area (Å²) in [5.74, 6) is 1.15. The number of likely N-dealkylation sites (N-methyl/N-ethyl adjacent to an activating group) is 1. The number of anilines is 1. The Bertz CT molecular complexity index is 1170. The Kier molecular flexibility index (Phi) is 6.16. The largest absolute Gasteiger partial charge is 0.496 e. The van der Waals surface area contributed by atoms with E-state index in [1.807, 2.05) is 18.0 Å². The summed E-state index contributed by atoms with van der Waals surface area (Å²) in [5.41, 5.74) is 1.08. The van der Waals surface area contributed by atoms with Crippen LogP contribution in [0.3, 0.4) is 0 Å². The summed E-state index contributed by atoms with van der Waals surface area (Å²) in [6.45, 7) is 3.01. The third-order valence-electron chi connectivity index (χ3n) is 6.70. The molecule has 0 unspecified atom stereocenters. The lowest BCUT2D eigenvalue weighted by Crippen LogP contribution is -2.47. The second-order valence-corrected chi connectivity index (χ2v) is 9.35. The molecule has 1 aromatic heterocycles. The quantitative estimate of drug-likeness (QED) is 0.672. The van der Waals surface area contributed by atoms with Gasteiger partial charge < -0.3 is 19.9 Å². The van der Waals surface area contributed by atoms with Crippen molar-refractivity contribution >= 4 is 17.3 Å². The van der Waals surface area contributed by atoms with Gasteiger partial charge in [-0.1, -0.05) is 12.1 Å². The second kappa shape index (κ2) is 9.14. The Morgan fingerprint density at radius 1 is 1.17 bits per heavy atom. The average molecular weight is 488 g/mol. The predicted molar refractivity (Wildman–Crippen MR) is 126 cm³/mol. The minimum atomic E-state index is -4.45. The number of benzene rings is 1. The van der Waals surface area contributed by atoms with Crippen LogP contribution in [0.5, 0.6) is 5.75 Å². The van der Waals surface area contributed by atoms with Crippen LogP contribution in [0.4, 0.5) is 19.0 Å². The van der Waals surface area contributed by atoms with Crippen molar-refractivity contribution in [3.8, 4) is 5.75 Å². The van der Waals surface area contributed by atoms with Crippen LogP contribution in [0, 0.1) is 0 Å². The summed E-state index contributed by atoms with van der Waals surface area (Å²) in [4.78, 5) is 25.9. The number of fused-ring (bicyclic) bond motifs is 1. The summed E-state index contributed by atoms with van der Waals surface area (Å²) in [6, 6.07) is 5.44. The van der Waals surface area contributed by atoms with Gasteiger partial charge in [-0.3, -0.25) is 4.79 Å². The van der Waals surface area contributed by atoms with Crippen LogP contribution in [0.25, 0.3) is 5.57 Å². The zero-order valence-corrected chi connectivity index (χ0v) is 19.8. The number of piperazine rings is 1. The van der Waals surface area contributed by atoms with E-state index in [0.29, 0.717) is 35.9 Å². The monoisotopic (exact) mass is 487 g/mol. The van der Waals surface area contributed by atoms with Gasteiger partial charge in [0.25, 0.3) is 5.91 Å². The molecule has 0 bridgehead atoms. The molecule has 0 radical (unpaired) electrons. The second-order valence-electron chi connectivity index (χ2n) is 9.35. The van der Waals surface area contributed by atoms with Crippen molar-refractivity contribution in [3.05, 3.63) is 52.5 Å². The highest BCUT2D eigenvalue weighted by Crippen LogP contribution is 2.43. The molecule has 1 saturated heterocycles. The Labute approximate surface area is 202 Å². The van der Waals surface area contributed by atoms with Gasteiger partial charge in [-0.15, -0.1) is 0 Å². The number of hydrogen-bond donors (Lipinski definition) is 1. The predicted octanol–water partition coefficient (Wildman–Crippen LogP) is 3.54. The topological polar surface area (TPSA) is 70.6 Å². The third-order valence-corrected chi connectivity index (χ3v) is 6.70. The van der Waals surface area contributed by atoms with Crippen molar-refractivity contribution in [2.45, 2.75) is 37.9 Å². The zero-order valence-electron chi connectivity index (χ0n) is 19.8. The number of carbonyl (C=O) groups is 1. The third kappa shape index (κ3) is 4.98. The van der Waals surface area contributed by atoms with E-state index < -0.39 is 11.7 Å². The molecular weight excluding hydrogens is 459 g/mol. The van der Waals surface area contributed by atoms with Gasteiger partial charge in [0.1, 0.15) is 17.4 Å². The number of nitrogens with zero attached hydrogens (tertiary/aromatic N) is 4. The van der Waals surface area contributed by atoms with Crippen molar-refractivity contribution in [1.29, 1.82) is 0 Å². The molecule has 3 aliphatic rings. The number of methoxy groups -OCH3 is 1. The van der Waals surface area contributed by atoms with E-state index in [9.17, 15) is 18.0 Å². The van der Waals surface area contributed by atoms with Gasteiger partial charge in [0.15, 0.2) is 0 Å². The first kappa shape index (κ1) is 23.6. The van der Waals surface area contributed by atoms with Crippen molar-refractivity contribution in [2.75, 3.05) is 45.7 Å². The van der Waals surface area contributed by atoms with Gasteiger partial charge in [-0.25, -0.2) is 9.97 Å². The summed E-state index contributed by atoms with van der Waals surface area (Å²) in [7, 11) is 3.57. The number of amides is 1. The molecule has 1 aromatic carbocycles. The zero-order chi connectivity index (χ0) is 24.7. The average Bonchev–Trinajstić information content (AvgIpc) is 3.53. The number of halogens is 3. The fraction of sp³-hybridized carbons (Fsp3) is 0.480. The van der Waals surface area contributed by atoms with Crippen LogP contribution in [0.2, 0.25) is 0 Å². The Morgan fingerprint density at radius 2 is 1.91 bits per heavy atom. The lowest BCUT2D eigenvalue weighted by molar-refractivity contribution is -0.0687. The van der Waals surface area contributed by atoms with E-state index in [-0.39, 0.29) is 36.2 Å². The minimum absolute atomic E-state index is 0.0431. The molecule has 35 heavy (non-hydrogen) atoms. The molecule has 7 nitrogen and oxygen atoms in total. The number of rotatable bonds is 6. The van der Waals surface area contributed by atoms with E-state index in [1.165, 1.54) is 13.2 Å². The molecule has 1 amide bonds. The fourth-order valence-corrected chi connectivity index (χ4v) is 4.54. The molecule has 1 aliphatic heterocycles. The van der Waals surface area contributed by atoms with E-state index in [0.717, 1.165) is 31.5 Å². The number of alkyl halides is 3. The smallest absolute Gasteiger partial charge is 0.416 e. The minimum Gasteiger partial charge on any atom is -0.496 e. The molecular formula is C25H28F3N5O2. The van der Waals surface area contributed by atoms with Gasteiger partial charge in [0, 0.05) is 56.2 Å². The number of hydrogen-bond acceptors (Lipinski definition) is 6. The first-order valence-electron chi connectivity index (χ1n) is 11.8. The number of nitrogens with one attached hydrogen (secondary N) is 1. The van der Waals surface area contributed by atoms with Gasteiger partial charge in [0.05, 0.1) is 23.9 Å². The van der Waals surface area contributed by atoms with Crippen LogP contribution >= 0.6 is 0 Å². The highest BCUT2D eigenvalue weighted by atomic mass is 19.4. The summed E-state index contributed by atoms with van der Waals surface area (Å²) >= 11 is 0. The summed E-state index contributed by atoms with van der Waals surface area (Å²) in [6.07, 6.45) is -1.05. The first-order chi connectivity index (χ1) is 16.7. The van der Waals surface area contributed by atoms with Crippen molar-refractivity contribution < 1.29 is 22.7 Å². The van der Waals surface area contributed by atoms with Crippen molar-refractivity contribution in [1.82, 2.24) is 19.8 Å².